The average molecular weight is 357 g/mol. The van der Waals surface area contributed by atoms with Gasteiger partial charge in [0.05, 0.1) is 6.54 Å². The minimum atomic E-state index is -0.853. The molecule has 114 valence electrons. The summed E-state index contributed by atoms with van der Waals surface area (Å²) in [6, 6.07) is 4.51. The van der Waals surface area contributed by atoms with Gasteiger partial charge in [-0.2, -0.15) is 0 Å². The molecule has 2 amide bonds. The van der Waals surface area contributed by atoms with Crippen LogP contribution in [-0.4, -0.2) is 28.8 Å². The Labute approximate surface area is 131 Å². The van der Waals surface area contributed by atoms with E-state index in [4.69, 9.17) is 0 Å². The predicted octanol–water partition coefficient (Wildman–Crippen LogP) is 2.61. The van der Waals surface area contributed by atoms with Crippen molar-refractivity contribution in [2.75, 3.05) is 6.54 Å². The van der Waals surface area contributed by atoms with Crippen LogP contribution in [-0.2, 0) is 16.1 Å². The molecule has 0 aliphatic carbocycles. The largest absolute Gasteiger partial charge is 0.345 e. The number of benzene rings is 1. The zero-order chi connectivity index (χ0) is 15.6. The number of rotatable bonds is 4. The molecule has 0 spiro atoms. The Hall–Kier alpha value is -1.43. The summed E-state index contributed by atoms with van der Waals surface area (Å²) in [7, 11) is 0. The fourth-order valence-corrected chi connectivity index (χ4v) is 3.37. The highest BCUT2D eigenvalue weighted by molar-refractivity contribution is 9.10. The van der Waals surface area contributed by atoms with Crippen molar-refractivity contribution in [3.05, 3.63) is 34.1 Å². The molecular weight excluding hydrogens is 339 g/mol. The Bertz CT molecular complexity index is 553. The van der Waals surface area contributed by atoms with Crippen LogP contribution < -0.4 is 5.32 Å². The molecule has 0 bridgehead atoms. The van der Waals surface area contributed by atoms with Crippen molar-refractivity contribution in [3.8, 4) is 0 Å². The third kappa shape index (κ3) is 2.95. The first-order valence-electron chi connectivity index (χ1n) is 6.96. The van der Waals surface area contributed by atoms with E-state index in [9.17, 15) is 14.0 Å². The summed E-state index contributed by atoms with van der Waals surface area (Å²) in [6.45, 7) is 3.99. The van der Waals surface area contributed by atoms with Gasteiger partial charge in [-0.3, -0.25) is 9.59 Å². The van der Waals surface area contributed by atoms with Gasteiger partial charge in [-0.1, -0.05) is 29.8 Å². The highest BCUT2D eigenvalue weighted by Gasteiger charge is 2.46. The van der Waals surface area contributed by atoms with E-state index >= 15 is 0 Å². The normalized spacial score (nSPS) is 17.8. The molecule has 0 aromatic heterocycles. The van der Waals surface area contributed by atoms with E-state index in [1.165, 1.54) is 12.1 Å². The van der Waals surface area contributed by atoms with Crippen molar-refractivity contribution in [3.63, 3.8) is 0 Å². The van der Waals surface area contributed by atoms with Gasteiger partial charge in [0.15, 0.2) is 0 Å². The van der Waals surface area contributed by atoms with Crippen molar-refractivity contribution in [1.29, 1.82) is 0 Å². The second-order valence-electron chi connectivity index (χ2n) is 5.18. The number of halogens is 2. The fourth-order valence-electron chi connectivity index (χ4n) is 2.85. The lowest BCUT2D eigenvalue weighted by atomic mass is 9.87. The summed E-state index contributed by atoms with van der Waals surface area (Å²) in [6.07, 6.45) is 1.05. The molecule has 1 aromatic carbocycles. The smallest absolute Gasteiger partial charge is 0.246 e. The van der Waals surface area contributed by atoms with Gasteiger partial charge in [0, 0.05) is 11.0 Å². The summed E-state index contributed by atoms with van der Waals surface area (Å²) in [5.74, 6) is -0.645. The second-order valence-corrected chi connectivity index (χ2v) is 6.09. The van der Waals surface area contributed by atoms with E-state index in [2.05, 4.69) is 21.2 Å². The molecule has 21 heavy (non-hydrogen) atoms. The number of carbonyl (C=O) groups is 2. The van der Waals surface area contributed by atoms with Crippen LogP contribution in [0.3, 0.4) is 0 Å². The van der Waals surface area contributed by atoms with Gasteiger partial charge in [-0.25, -0.2) is 4.39 Å². The molecule has 1 saturated heterocycles. The highest BCUT2D eigenvalue weighted by atomic mass is 79.9. The standard InChI is InChI=1S/C15H18BrFN2O2/c1-3-15(4-2)14(21)18-8-13(20)19(15)9-10-5-11(16)7-12(17)6-10/h5-7H,3-4,8-9H2,1-2H3,(H,18,21). The van der Waals surface area contributed by atoms with Gasteiger partial charge in [-0.15, -0.1) is 0 Å². The van der Waals surface area contributed by atoms with Gasteiger partial charge in [-0.05, 0) is 36.6 Å². The van der Waals surface area contributed by atoms with Crippen LogP contribution in [0.2, 0.25) is 0 Å². The van der Waals surface area contributed by atoms with Crippen LogP contribution in [0.5, 0.6) is 0 Å². The van der Waals surface area contributed by atoms with E-state index in [0.29, 0.717) is 22.9 Å². The summed E-state index contributed by atoms with van der Waals surface area (Å²) in [5.41, 5.74) is -0.190. The number of nitrogens with one attached hydrogen (secondary N) is 1. The van der Waals surface area contributed by atoms with Crippen LogP contribution in [0.25, 0.3) is 0 Å². The quantitative estimate of drug-likeness (QED) is 0.901. The third-order valence-electron chi connectivity index (χ3n) is 4.07. The lowest BCUT2D eigenvalue weighted by Crippen LogP contribution is -2.66. The minimum Gasteiger partial charge on any atom is -0.345 e. The number of piperazine rings is 1. The summed E-state index contributed by atoms with van der Waals surface area (Å²) < 4.78 is 14.1. The first-order chi connectivity index (χ1) is 9.92. The van der Waals surface area contributed by atoms with Gasteiger partial charge in [0.1, 0.15) is 11.4 Å². The maximum atomic E-state index is 13.5. The molecule has 2 rings (SSSR count). The maximum Gasteiger partial charge on any atom is 0.246 e. The Morgan fingerprint density at radius 3 is 2.52 bits per heavy atom. The molecule has 0 atom stereocenters. The monoisotopic (exact) mass is 356 g/mol. The Morgan fingerprint density at radius 1 is 1.29 bits per heavy atom. The molecule has 1 fully saturated rings. The van der Waals surface area contributed by atoms with E-state index in [0.717, 1.165) is 0 Å². The molecule has 1 heterocycles. The lowest BCUT2D eigenvalue weighted by molar-refractivity contribution is -0.155. The highest BCUT2D eigenvalue weighted by Crippen LogP contribution is 2.29. The molecule has 1 N–H and O–H groups in total. The molecule has 0 unspecified atom stereocenters. The molecular formula is C15H18BrFN2O2. The summed E-state index contributed by atoms with van der Waals surface area (Å²) >= 11 is 3.24. The predicted molar refractivity (Wildman–Crippen MR) is 81.0 cm³/mol. The number of carbonyl (C=O) groups excluding carboxylic acids is 2. The summed E-state index contributed by atoms with van der Waals surface area (Å²) in [5, 5.41) is 2.65. The van der Waals surface area contributed by atoms with Crippen molar-refractivity contribution < 1.29 is 14.0 Å². The number of hydrogen-bond donors (Lipinski definition) is 1. The van der Waals surface area contributed by atoms with Gasteiger partial charge >= 0.3 is 0 Å². The zero-order valence-electron chi connectivity index (χ0n) is 12.1. The molecule has 4 nitrogen and oxygen atoms in total. The molecule has 0 saturated carbocycles. The lowest BCUT2D eigenvalue weighted by Gasteiger charge is -2.45. The topological polar surface area (TPSA) is 49.4 Å². The van der Waals surface area contributed by atoms with Crippen molar-refractivity contribution >= 4 is 27.7 Å². The number of nitrogens with zero attached hydrogens (tertiary/aromatic N) is 1. The Morgan fingerprint density at radius 2 is 1.95 bits per heavy atom. The number of hydrogen-bond acceptors (Lipinski definition) is 2. The molecule has 1 aliphatic rings. The van der Waals surface area contributed by atoms with E-state index in [1.807, 2.05) is 13.8 Å². The number of amides is 2. The third-order valence-corrected chi connectivity index (χ3v) is 4.53. The molecule has 1 aliphatic heterocycles. The van der Waals surface area contributed by atoms with E-state index in [1.54, 1.807) is 11.0 Å². The van der Waals surface area contributed by atoms with Crippen molar-refractivity contribution in [2.24, 2.45) is 0 Å². The van der Waals surface area contributed by atoms with Gasteiger partial charge < -0.3 is 10.2 Å². The summed E-state index contributed by atoms with van der Waals surface area (Å²) in [4.78, 5) is 26.1. The molecule has 1 aromatic rings. The van der Waals surface area contributed by atoms with Crippen LogP contribution in [0.1, 0.15) is 32.3 Å². The Balaban J connectivity index is 2.37. The fraction of sp³-hybridized carbons (Fsp3) is 0.467. The van der Waals surface area contributed by atoms with Gasteiger partial charge in [0.25, 0.3) is 0 Å². The van der Waals surface area contributed by atoms with E-state index in [-0.39, 0.29) is 30.7 Å². The second kappa shape index (κ2) is 6.13. The molecule has 0 radical (unpaired) electrons. The Kier molecular flexibility index (Phi) is 4.66. The van der Waals surface area contributed by atoms with E-state index < -0.39 is 5.54 Å². The minimum absolute atomic E-state index is 0.00291. The SMILES string of the molecule is CCC1(CC)C(=O)NCC(=O)N1Cc1cc(F)cc(Br)c1. The van der Waals surface area contributed by atoms with Crippen LogP contribution in [0.4, 0.5) is 4.39 Å². The average Bonchev–Trinajstić information content (AvgIpc) is 2.43. The van der Waals surface area contributed by atoms with Gasteiger partial charge in [0.2, 0.25) is 11.8 Å². The van der Waals surface area contributed by atoms with Crippen LogP contribution >= 0.6 is 15.9 Å². The maximum absolute atomic E-state index is 13.5. The zero-order valence-corrected chi connectivity index (χ0v) is 13.7. The van der Waals surface area contributed by atoms with Crippen molar-refractivity contribution in [2.45, 2.75) is 38.8 Å². The first kappa shape index (κ1) is 15.9. The van der Waals surface area contributed by atoms with Crippen molar-refractivity contribution in [1.82, 2.24) is 10.2 Å². The van der Waals surface area contributed by atoms with Crippen LogP contribution in [0.15, 0.2) is 22.7 Å². The van der Waals surface area contributed by atoms with Crippen LogP contribution in [0, 0.1) is 5.82 Å². The first-order valence-corrected chi connectivity index (χ1v) is 7.76. The molecule has 6 heteroatoms.